The van der Waals surface area contributed by atoms with Gasteiger partial charge in [0.05, 0.1) is 12.2 Å². The van der Waals surface area contributed by atoms with E-state index in [0.29, 0.717) is 19.4 Å². The fraction of sp³-hybridized carbons (Fsp3) is 0.588. The molecule has 0 N–H and O–H groups in total. The highest BCUT2D eigenvalue weighted by Gasteiger charge is 2.34. The lowest BCUT2D eigenvalue weighted by molar-refractivity contribution is -0.143. The summed E-state index contributed by atoms with van der Waals surface area (Å²) >= 11 is 0. The molecule has 0 amide bonds. The molecule has 116 valence electrons. The summed E-state index contributed by atoms with van der Waals surface area (Å²) in [5.41, 5.74) is 2.07. The molecule has 0 saturated carbocycles. The highest BCUT2D eigenvalue weighted by atomic mass is 16.5. The van der Waals surface area contributed by atoms with Crippen molar-refractivity contribution < 1.29 is 19.0 Å². The zero-order chi connectivity index (χ0) is 15.1. The molecule has 1 aliphatic rings. The number of benzene rings is 1. The molecule has 0 spiro atoms. The molecule has 1 aliphatic heterocycles. The fourth-order valence-corrected chi connectivity index (χ4v) is 2.80. The topological polar surface area (TPSA) is 44.8 Å². The highest BCUT2D eigenvalue weighted by Crippen LogP contribution is 2.35. The summed E-state index contributed by atoms with van der Waals surface area (Å²) in [5.74, 6) is -0.143. The maximum atomic E-state index is 11.5. The number of rotatable bonds is 6. The van der Waals surface area contributed by atoms with Crippen molar-refractivity contribution >= 4 is 5.97 Å². The van der Waals surface area contributed by atoms with E-state index in [9.17, 15) is 4.79 Å². The first kappa shape index (κ1) is 16.0. The lowest BCUT2D eigenvalue weighted by Gasteiger charge is -2.36. The van der Waals surface area contributed by atoms with Crippen LogP contribution in [0.15, 0.2) is 24.3 Å². The smallest absolute Gasteiger partial charge is 0.306 e. The Bertz CT molecular complexity index is 464. The molecule has 0 aromatic heterocycles. The van der Waals surface area contributed by atoms with Crippen LogP contribution in [-0.2, 0) is 31.0 Å². The number of carbonyl (C=O) groups is 1. The molecule has 4 heteroatoms. The Morgan fingerprint density at radius 2 is 2.10 bits per heavy atom. The van der Waals surface area contributed by atoms with E-state index in [1.807, 2.05) is 19.1 Å². The molecule has 0 atom stereocenters. The third kappa shape index (κ3) is 4.05. The molecule has 1 aromatic rings. The first-order valence-electron chi connectivity index (χ1n) is 7.58. The quantitative estimate of drug-likeness (QED) is 0.756. The minimum absolute atomic E-state index is 0.143. The molecule has 1 fully saturated rings. The first-order chi connectivity index (χ1) is 10.2. The summed E-state index contributed by atoms with van der Waals surface area (Å²) in [6.45, 7) is 3.71. The largest absolute Gasteiger partial charge is 0.466 e. The summed E-state index contributed by atoms with van der Waals surface area (Å²) in [6, 6.07) is 8.33. The van der Waals surface area contributed by atoms with Crippen molar-refractivity contribution in [3.63, 3.8) is 0 Å². The number of hydrogen-bond donors (Lipinski definition) is 0. The van der Waals surface area contributed by atoms with E-state index in [2.05, 4.69) is 12.1 Å². The summed E-state index contributed by atoms with van der Waals surface area (Å²) in [7, 11) is 1.76. The van der Waals surface area contributed by atoms with Crippen molar-refractivity contribution in [2.75, 3.05) is 26.9 Å². The van der Waals surface area contributed by atoms with E-state index in [1.54, 1.807) is 7.11 Å². The molecule has 0 radical (unpaired) electrons. The first-order valence-corrected chi connectivity index (χ1v) is 7.58. The molecule has 4 nitrogen and oxygen atoms in total. The van der Waals surface area contributed by atoms with E-state index >= 15 is 0 Å². The van der Waals surface area contributed by atoms with Gasteiger partial charge in [-0.25, -0.2) is 0 Å². The van der Waals surface area contributed by atoms with Crippen LogP contribution in [0.2, 0.25) is 0 Å². The second-order valence-electron chi connectivity index (χ2n) is 5.32. The second kappa shape index (κ2) is 7.57. The van der Waals surface area contributed by atoms with Gasteiger partial charge in [-0.15, -0.1) is 0 Å². The van der Waals surface area contributed by atoms with E-state index in [-0.39, 0.29) is 11.6 Å². The summed E-state index contributed by atoms with van der Waals surface area (Å²) in [5, 5.41) is 0. The Labute approximate surface area is 126 Å². The summed E-state index contributed by atoms with van der Waals surface area (Å²) < 4.78 is 16.2. The molecule has 1 aromatic carbocycles. The molecular formula is C17H24O4. The third-order valence-corrected chi connectivity index (χ3v) is 4.07. The van der Waals surface area contributed by atoms with Crippen molar-refractivity contribution in [3.05, 3.63) is 35.4 Å². The molecule has 1 saturated heterocycles. The Hall–Kier alpha value is -1.39. The average molecular weight is 292 g/mol. The number of ether oxygens (including phenoxy) is 3. The number of methoxy groups -OCH3 is 1. The molecular weight excluding hydrogens is 268 g/mol. The maximum absolute atomic E-state index is 11.5. The third-order valence-electron chi connectivity index (χ3n) is 4.07. The normalized spacial score (nSPS) is 17.4. The minimum Gasteiger partial charge on any atom is -0.466 e. The van der Waals surface area contributed by atoms with Crippen molar-refractivity contribution in [2.45, 2.75) is 38.2 Å². The van der Waals surface area contributed by atoms with Gasteiger partial charge >= 0.3 is 5.97 Å². The van der Waals surface area contributed by atoms with Gasteiger partial charge in [-0.05, 0) is 24.5 Å². The fourth-order valence-electron chi connectivity index (χ4n) is 2.80. The minimum atomic E-state index is -0.252. The Kier molecular flexibility index (Phi) is 5.76. The van der Waals surface area contributed by atoms with Crippen LogP contribution in [0.5, 0.6) is 0 Å². The van der Waals surface area contributed by atoms with E-state index in [4.69, 9.17) is 14.2 Å². The lowest BCUT2D eigenvalue weighted by Crippen LogP contribution is -2.35. The van der Waals surface area contributed by atoms with Crippen molar-refractivity contribution in [3.8, 4) is 0 Å². The van der Waals surface area contributed by atoms with Crippen molar-refractivity contribution in [1.29, 1.82) is 0 Å². The van der Waals surface area contributed by atoms with Gasteiger partial charge in [0, 0.05) is 39.6 Å². The molecule has 21 heavy (non-hydrogen) atoms. The van der Waals surface area contributed by atoms with Crippen molar-refractivity contribution in [2.24, 2.45) is 0 Å². The van der Waals surface area contributed by atoms with Crippen LogP contribution < -0.4 is 0 Å². The Morgan fingerprint density at radius 1 is 1.33 bits per heavy atom. The number of carbonyl (C=O) groups excluding carboxylic acids is 1. The number of hydrogen-bond acceptors (Lipinski definition) is 4. The zero-order valence-electron chi connectivity index (χ0n) is 12.9. The van der Waals surface area contributed by atoms with Gasteiger partial charge < -0.3 is 14.2 Å². The molecule has 1 heterocycles. The van der Waals surface area contributed by atoms with Crippen LogP contribution >= 0.6 is 0 Å². The number of esters is 1. The molecule has 0 unspecified atom stereocenters. The van der Waals surface area contributed by atoms with Gasteiger partial charge in [0.2, 0.25) is 0 Å². The molecule has 0 aliphatic carbocycles. The van der Waals surface area contributed by atoms with Gasteiger partial charge in [0.15, 0.2) is 0 Å². The van der Waals surface area contributed by atoms with Gasteiger partial charge in [-0.3, -0.25) is 4.79 Å². The highest BCUT2D eigenvalue weighted by molar-refractivity contribution is 5.69. The SMILES string of the molecule is CCOC(=O)CCc1cccc(C2(OC)CCOCC2)c1. The van der Waals surface area contributed by atoms with E-state index in [1.165, 1.54) is 5.56 Å². The van der Waals surface area contributed by atoms with Crippen LogP contribution in [0.3, 0.4) is 0 Å². The van der Waals surface area contributed by atoms with Gasteiger partial charge in [0.1, 0.15) is 0 Å². The van der Waals surface area contributed by atoms with Crippen LogP contribution in [-0.4, -0.2) is 32.9 Å². The lowest BCUT2D eigenvalue weighted by atomic mass is 9.85. The van der Waals surface area contributed by atoms with E-state index in [0.717, 1.165) is 31.6 Å². The maximum Gasteiger partial charge on any atom is 0.306 e. The second-order valence-corrected chi connectivity index (χ2v) is 5.32. The van der Waals surface area contributed by atoms with Crippen LogP contribution in [0.1, 0.15) is 37.3 Å². The Balaban J connectivity index is 2.07. The number of aryl methyl sites for hydroxylation is 1. The van der Waals surface area contributed by atoms with Gasteiger partial charge in [0.25, 0.3) is 0 Å². The standard InChI is InChI=1S/C17H24O4/c1-3-21-16(18)8-7-14-5-4-6-15(13-14)17(19-2)9-11-20-12-10-17/h4-6,13H,3,7-12H2,1-2H3. The molecule has 0 bridgehead atoms. The Morgan fingerprint density at radius 3 is 2.76 bits per heavy atom. The molecule has 2 rings (SSSR count). The summed E-state index contributed by atoms with van der Waals surface area (Å²) in [6.07, 6.45) is 2.85. The van der Waals surface area contributed by atoms with Crippen molar-refractivity contribution in [1.82, 2.24) is 0 Å². The van der Waals surface area contributed by atoms with Crippen LogP contribution in [0, 0.1) is 0 Å². The van der Waals surface area contributed by atoms with Gasteiger partial charge in [-0.2, -0.15) is 0 Å². The van der Waals surface area contributed by atoms with Gasteiger partial charge in [-0.1, -0.05) is 24.3 Å². The predicted octanol–water partition coefficient (Wildman–Crippen LogP) is 2.83. The van der Waals surface area contributed by atoms with E-state index < -0.39 is 0 Å². The summed E-state index contributed by atoms with van der Waals surface area (Å²) in [4.78, 5) is 11.5. The average Bonchev–Trinajstić information content (AvgIpc) is 2.54. The predicted molar refractivity (Wildman–Crippen MR) is 80.1 cm³/mol. The monoisotopic (exact) mass is 292 g/mol. The van der Waals surface area contributed by atoms with Crippen LogP contribution in [0.4, 0.5) is 0 Å². The zero-order valence-corrected chi connectivity index (χ0v) is 12.9. The van der Waals surface area contributed by atoms with Crippen LogP contribution in [0.25, 0.3) is 0 Å².